The summed E-state index contributed by atoms with van der Waals surface area (Å²) in [5.74, 6) is -0.469. The molecule has 3 aromatic rings. The van der Waals surface area contributed by atoms with Crippen molar-refractivity contribution >= 4 is 17.7 Å². The van der Waals surface area contributed by atoms with Crippen LogP contribution in [0.3, 0.4) is 0 Å². The zero-order valence-corrected chi connectivity index (χ0v) is 20.1. The van der Waals surface area contributed by atoms with E-state index in [1.807, 2.05) is 31.2 Å². The summed E-state index contributed by atoms with van der Waals surface area (Å²) in [7, 11) is 0. The molecule has 0 bridgehead atoms. The summed E-state index contributed by atoms with van der Waals surface area (Å²) in [5, 5.41) is 2.93. The van der Waals surface area contributed by atoms with E-state index in [0.29, 0.717) is 38.0 Å². The lowest BCUT2D eigenvalue weighted by molar-refractivity contribution is -0.128. The molecule has 2 saturated heterocycles. The normalized spacial score (nSPS) is 18.9. The van der Waals surface area contributed by atoms with Crippen LogP contribution in [0, 0.1) is 6.92 Å². The minimum Gasteiger partial charge on any atom is -0.459 e. The van der Waals surface area contributed by atoms with Gasteiger partial charge in [0.15, 0.2) is 5.76 Å². The number of furan rings is 1. The minimum absolute atomic E-state index is 0.0859. The van der Waals surface area contributed by atoms with Crippen molar-refractivity contribution in [2.45, 2.75) is 38.1 Å². The Labute approximate surface area is 209 Å². The number of carbonyl (C=O) groups excluding carboxylic acids is 3. The Morgan fingerprint density at radius 2 is 1.92 bits per heavy atom. The van der Waals surface area contributed by atoms with Gasteiger partial charge in [-0.3, -0.25) is 24.3 Å². The molecule has 2 aliphatic heterocycles. The molecule has 0 aliphatic carbocycles. The van der Waals surface area contributed by atoms with Crippen molar-refractivity contribution in [3.8, 4) is 0 Å². The number of benzene rings is 1. The first-order valence-electron chi connectivity index (χ1n) is 12.0. The van der Waals surface area contributed by atoms with Gasteiger partial charge in [-0.25, -0.2) is 0 Å². The van der Waals surface area contributed by atoms with E-state index in [2.05, 4.69) is 10.3 Å². The molecular weight excluding hydrogens is 460 g/mol. The highest BCUT2D eigenvalue weighted by Gasteiger charge is 2.54. The predicted molar refractivity (Wildman–Crippen MR) is 130 cm³/mol. The Bertz CT molecular complexity index is 1240. The number of hydrogen-bond acceptors (Lipinski definition) is 6. The summed E-state index contributed by atoms with van der Waals surface area (Å²) in [6.45, 7) is 3.06. The molecule has 2 fully saturated rings. The second-order valence-corrected chi connectivity index (χ2v) is 9.17. The Morgan fingerprint density at radius 3 is 2.61 bits per heavy atom. The van der Waals surface area contributed by atoms with Gasteiger partial charge in [0.2, 0.25) is 5.91 Å². The third kappa shape index (κ3) is 4.61. The van der Waals surface area contributed by atoms with Crippen LogP contribution in [0.25, 0.3) is 0 Å². The van der Waals surface area contributed by atoms with Crippen molar-refractivity contribution in [1.29, 1.82) is 0 Å². The van der Waals surface area contributed by atoms with Gasteiger partial charge in [0, 0.05) is 50.4 Å². The highest BCUT2D eigenvalue weighted by Crippen LogP contribution is 2.39. The Balaban J connectivity index is 1.37. The third-order valence-corrected chi connectivity index (χ3v) is 6.80. The van der Waals surface area contributed by atoms with Crippen LogP contribution in [0.15, 0.2) is 71.6 Å². The average molecular weight is 489 g/mol. The molecule has 1 aromatic carbocycles. The van der Waals surface area contributed by atoms with Crippen LogP contribution in [0.2, 0.25) is 0 Å². The van der Waals surface area contributed by atoms with Gasteiger partial charge in [-0.2, -0.15) is 0 Å². The molecular formula is C27H28N4O5. The fourth-order valence-electron chi connectivity index (χ4n) is 4.91. The van der Waals surface area contributed by atoms with E-state index in [-0.39, 0.29) is 30.1 Å². The standard InChI is InChI=1S/C27H28N4O5/c1-19-5-2-7-21(15-19)25(33)31-22(24(32)29-17-20-6-3-11-28-16-20)18-36-27(31)9-12-30(13-10-27)26(34)23-8-4-14-35-23/h2-8,11,14-16,22H,9-10,12-13,17-18H2,1H3,(H,29,32). The van der Waals surface area contributed by atoms with Gasteiger partial charge in [0.05, 0.1) is 12.9 Å². The number of nitrogens with zero attached hydrogens (tertiary/aromatic N) is 3. The lowest BCUT2D eigenvalue weighted by atomic mass is 9.96. The summed E-state index contributed by atoms with van der Waals surface area (Å²) < 4.78 is 11.5. The number of aryl methyl sites for hydroxylation is 1. The summed E-state index contributed by atoms with van der Waals surface area (Å²) in [5.41, 5.74) is 1.34. The molecule has 1 spiro atoms. The molecule has 2 aliphatic rings. The van der Waals surface area contributed by atoms with E-state index in [1.165, 1.54) is 6.26 Å². The number of carbonyl (C=O) groups is 3. The maximum atomic E-state index is 13.8. The van der Waals surface area contributed by atoms with Gasteiger partial charge in [0.1, 0.15) is 11.8 Å². The van der Waals surface area contributed by atoms with Gasteiger partial charge in [0.25, 0.3) is 11.8 Å². The first kappa shape index (κ1) is 23.7. The van der Waals surface area contributed by atoms with Gasteiger partial charge in [-0.15, -0.1) is 0 Å². The molecule has 9 nitrogen and oxygen atoms in total. The van der Waals surface area contributed by atoms with Crippen molar-refractivity contribution in [2.75, 3.05) is 19.7 Å². The zero-order chi connectivity index (χ0) is 25.1. The molecule has 1 N–H and O–H groups in total. The molecule has 9 heteroatoms. The van der Waals surface area contributed by atoms with Crippen molar-refractivity contribution in [1.82, 2.24) is 20.1 Å². The molecule has 5 rings (SSSR count). The van der Waals surface area contributed by atoms with E-state index in [0.717, 1.165) is 11.1 Å². The smallest absolute Gasteiger partial charge is 0.289 e. The molecule has 4 heterocycles. The van der Waals surface area contributed by atoms with Gasteiger partial charge >= 0.3 is 0 Å². The highest BCUT2D eigenvalue weighted by molar-refractivity contribution is 5.98. The fraction of sp³-hybridized carbons (Fsp3) is 0.333. The number of nitrogens with one attached hydrogen (secondary N) is 1. The van der Waals surface area contributed by atoms with Crippen molar-refractivity contribution in [2.24, 2.45) is 0 Å². The zero-order valence-electron chi connectivity index (χ0n) is 20.1. The fourth-order valence-corrected chi connectivity index (χ4v) is 4.91. The van der Waals surface area contributed by atoms with E-state index in [4.69, 9.17) is 9.15 Å². The lowest BCUT2D eigenvalue weighted by Crippen LogP contribution is -2.59. The highest BCUT2D eigenvalue weighted by atomic mass is 16.5. The van der Waals surface area contributed by atoms with Gasteiger partial charge in [-0.05, 0) is 42.8 Å². The summed E-state index contributed by atoms with van der Waals surface area (Å²) >= 11 is 0. The quantitative estimate of drug-likeness (QED) is 0.592. The topological polar surface area (TPSA) is 105 Å². The number of pyridine rings is 1. The second-order valence-electron chi connectivity index (χ2n) is 9.17. The van der Waals surface area contributed by atoms with E-state index in [9.17, 15) is 14.4 Å². The molecule has 0 saturated carbocycles. The molecule has 2 aromatic heterocycles. The molecule has 1 atom stereocenters. The maximum Gasteiger partial charge on any atom is 0.289 e. The van der Waals surface area contributed by atoms with Crippen molar-refractivity contribution in [3.63, 3.8) is 0 Å². The number of amides is 3. The molecule has 186 valence electrons. The van der Waals surface area contributed by atoms with Gasteiger partial charge < -0.3 is 19.4 Å². The summed E-state index contributed by atoms with van der Waals surface area (Å²) in [6.07, 6.45) is 5.61. The van der Waals surface area contributed by atoms with Crippen LogP contribution in [-0.2, 0) is 16.1 Å². The monoisotopic (exact) mass is 488 g/mol. The number of piperidine rings is 1. The SMILES string of the molecule is Cc1cccc(C(=O)N2C(C(=O)NCc3cccnc3)COC23CCN(C(=O)c2ccco2)CC3)c1. The lowest BCUT2D eigenvalue weighted by Gasteiger charge is -2.44. The van der Waals surface area contributed by atoms with Crippen LogP contribution in [0.1, 0.15) is 44.9 Å². The Kier molecular flexibility index (Phi) is 6.56. The number of ether oxygens (including phenoxy) is 1. The number of rotatable bonds is 5. The van der Waals surface area contributed by atoms with E-state index in [1.54, 1.807) is 46.5 Å². The Hall–Kier alpha value is -3.98. The predicted octanol–water partition coefficient (Wildman–Crippen LogP) is 2.77. The number of hydrogen-bond donors (Lipinski definition) is 1. The minimum atomic E-state index is -0.975. The number of likely N-dealkylation sites (tertiary alicyclic amines) is 1. The van der Waals surface area contributed by atoms with Crippen LogP contribution in [0.4, 0.5) is 0 Å². The van der Waals surface area contributed by atoms with Crippen LogP contribution < -0.4 is 5.32 Å². The maximum absolute atomic E-state index is 13.8. The van der Waals surface area contributed by atoms with Crippen LogP contribution in [-0.4, -0.2) is 64.0 Å². The summed E-state index contributed by atoms with van der Waals surface area (Å²) in [4.78, 5) is 47.3. The first-order chi connectivity index (χ1) is 17.5. The first-order valence-corrected chi connectivity index (χ1v) is 12.0. The molecule has 3 amide bonds. The van der Waals surface area contributed by atoms with Crippen molar-refractivity contribution < 1.29 is 23.5 Å². The number of aromatic nitrogens is 1. The summed E-state index contributed by atoms with van der Waals surface area (Å²) in [6, 6.07) is 13.5. The average Bonchev–Trinajstić information content (AvgIpc) is 3.57. The Morgan fingerprint density at radius 1 is 1.08 bits per heavy atom. The third-order valence-electron chi connectivity index (χ3n) is 6.80. The van der Waals surface area contributed by atoms with Crippen molar-refractivity contribution in [3.05, 3.63) is 89.6 Å². The second kappa shape index (κ2) is 9.94. The largest absolute Gasteiger partial charge is 0.459 e. The van der Waals surface area contributed by atoms with E-state index >= 15 is 0 Å². The molecule has 1 unspecified atom stereocenters. The molecule has 0 radical (unpaired) electrons. The van der Waals surface area contributed by atoms with E-state index < -0.39 is 11.8 Å². The molecule has 36 heavy (non-hydrogen) atoms. The van der Waals surface area contributed by atoms with Crippen LogP contribution in [0.5, 0.6) is 0 Å². The van der Waals surface area contributed by atoms with Crippen LogP contribution >= 0.6 is 0 Å². The van der Waals surface area contributed by atoms with Gasteiger partial charge in [-0.1, -0.05) is 23.8 Å².